The molecule has 9 heteroatoms. The lowest BCUT2D eigenvalue weighted by atomic mass is 10.1. The Morgan fingerprint density at radius 1 is 1.48 bits per heavy atom. The SMILES string of the molecule is Cc1nnc(NC(=O)CSc2nc(C(C)C)cc(=O)[nH]2)s1. The number of hydrogen-bond acceptors (Lipinski definition) is 7. The fraction of sp³-hybridized carbons (Fsp3) is 0.417. The van der Waals surface area contributed by atoms with E-state index in [0.717, 1.165) is 5.01 Å². The van der Waals surface area contributed by atoms with Crippen LogP contribution in [0.2, 0.25) is 0 Å². The summed E-state index contributed by atoms with van der Waals surface area (Å²) in [6.07, 6.45) is 0. The van der Waals surface area contributed by atoms with E-state index in [1.54, 1.807) is 0 Å². The number of aryl methyl sites for hydroxylation is 1. The van der Waals surface area contributed by atoms with E-state index in [4.69, 9.17) is 0 Å². The van der Waals surface area contributed by atoms with Crippen molar-refractivity contribution in [3.8, 4) is 0 Å². The molecule has 2 N–H and O–H groups in total. The van der Waals surface area contributed by atoms with Gasteiger partial charge < -0.3 is 4.98 Å². The van der Waals surface area contributed by atoms with Crippen LogP contribution in [0.15, 0.2) is 16.0 Å². The zero-order valence-corrected chi connectivity index (χ0v) is 13.5. The molecule has 0 spiro atoms. The van der Waals surface area contributed by atoms with Gasteiger partial charge in [0, 0.05) is 6.07 Å². The first-order valence-electron chi connectivity index (χ1n) is 6.28. The molecule has 2 heterocycles. The largest absolute Gasteiger partial charge is 0.301 e. The monoisotopic (exact) mass is 325 g/mol. The van der Waals surface area contributed by atoms with Crippen molar-refractivity contribution in [2.75, 3.05) is 11.1 Å². The Bertz CT molecular complexity index is 695. The third kappa shape index (κ3) is 4.64. The maximum absolute atomic E-state index is 11.8. The highest BCUT2D eigenvalue weighted by Crippen LogP contribution is 2.17. The summed E-state index contributed by atoms with van der Waals surface area (Å²) in [4.78, 5) is 30.2. The van der Waals surface area contributed by atoms with Gasteiger partial charge in [0.1, 0.15) is 5.01 Å². The Morgan fingerprint density at radius 2 is 2.24 bits per heavy atom. The van der Waals surface area contributed by atoms with Gasteiger partial charge in [-0.05, 0) is 12.8 Å². The van der Waals surface area contributed by atoms with Crippen LogP contribution in [0, 0.1) is 6.92 Å². The second-order valence-corrected chi connectivity index (χ2v) is 6.74. The van der Waals surface area contributed by atoms with Crippen LogP contribution in [0.25, 0.3) is 0 Å². The van der Waals surface area contributed by atoms with E-state index in [1.807, 2.05) is 20.8 Å². The summed E-state index contributed by atoms with van der Waals surface area (Å²) in [5, 5.41) is 12.0. The summed E-state index contributed by atoms with van der Waals surface area (Å²) in [5.74, 6) is 0.0851. The van der Waals surface area contributed by atoms with Gasteiger partial charge in [0.2, 0.25) is 11.0 Å². The molecule has 0 aliphatic rings. The fourth-order valence-corrected chi connectivity index (χ4v) is 2.74. The summed E-state index contributed by atoms with van der Waals surface area (Å²) in [6, 6.07) is 1.47. The number of aromatic amines is 1. The van der Waals surface area contributed by atoms with Crippen molar-refractivity contribution in [3.05, 3.63) is 27.1 Å². The number of anilines is 1. The lowest BCUT2D eigenvalue weighted by Gasteiger charge is -2.06. The molecule has 2 aromatic heterocycles. The maximum atomic E-state index is 11.8. The molecule has 0 atom stereocenters. The third-order valence-electron chi connectivity index (χ3n) is 2.44. The van der Waals surface area contributed by atoms with Crippen LogP contribution in [0.4, 0.5) is 5.13 Å². The summed E-state index contributed by atoms with van der Waals surface area (Å²) in [6.45, 7) is 5.73. The van der Waals surface area contributed by atoms with Crippen molar-refractivity contribution < 1.29 is 4.79 Å². The van der Waals surface area contributed by atoms with Crippen molar-refractivity contribution >= 4 is 34.1 Å². The summed E-state index contributed by atoms with van der Waals surface area (Å²) in [5.41, 5.74) is 0.498. The number of carbonyl (C=O) groups excluding carboxylic acids is 1. The van der Waals surface area contributed by atoms with Gasteiger partial charge in [-0.3, -0.25) is 14.9 Å². The van der Waals surface area contributed by atoms with Crippen LogP contribution < -0.4 is 10.9 Å². The van der Waals surface area contributed by atoms with Gasteiger partial charge in [-0.25, -0.2) is 4.98 Å². The molecule has 7 nitrogen and oxygen atoms in total. The number of hydrogen-bond donors (Lipinski definition) is 2. The van der Waals surface area contributed by atoms with Crippen LogP contribution in [-0.4, -0.2) is 31.8 Å². The first-order chi connectivity index (χ1) is 9.94. The van der Waals surface area contributed by atoms with Crippen molar-refractivity contribution in [2.45, 2.75) is 31.8 Å². The normalized spacial score (nSPS) is 10.9. The molecule has 0 saturated heterocycles. The molecule has 2 aromatic rings. The minimum Gasteiger partial charge on any atom is -0.301 e. The Balaban J connectivity index is 1.96. The minimum atomic E-state index is -0.214. The lowest BCUT2D eigenvalue weighted by molar-refractivity contribution is -0.113. The molecule has 2 rings (SSSR count). The highest BCUT2D eigenvalue weighted by Gasteiger charge is 2.10. The predicted molar refractivity (Wildman–Crippen MR) is 82.9 cm³/mol. The number of nitrogens with one attached hydrogen (secondary N) is 2. The van der Waals surface area contributed by atoms with Gasteiger partial charge in [0.25, 0.3) is 5.56 Å². The Kier molecular flexibility index (Phi) is 5.07. The summed E-state index contributed by atoms with van der Waals surface area (Å²) in [7, 11) is 0. The smallest absolute Gasteiger partial charge is 0.251 e. The van der Waals surface area contributed by atoms with Gasteiger partial charge >= 0.3 is 0 Å². The number of aromatic nitrogens is 4. The fourth-order valence-electron chi connectivity index (χ4n) is 1.45. The molecule has 1 amide bonds. The number of H-pyrrole nitrogens is 1. The van der Waals surface area contributed by atoms with Crippen molar-refractivity contribution in [1.82, 2.24) is 20.2 Å². The molecule has 0 fully saturated rings. The van der Waals surface area contributed by atoms with E-state index in [9.17, 15) is 9.59 Å². The second kappa shape index (κ2) is 6.81. The quantitative estimate of drug-likeness (QED) is 0.642. The predicted octanol–water partition coefficient (Wildman–Crippen LogP) is 1.78. The first kappa shape index (κ1) is 15.6. The van der Waals surface area contributed by atoms with Crippen LogP contribution >= 0.6 is 23.1 Å². The van der Waals surface area contributed by atoms with Gasteiger partial charge in [0.15, 0.2) is 5.16 Å². The highest BCUT2D eigenvalue weighted by atomic mass is 32.2. The molecule has 21 heavy (non-hydrogen) atoms. The average molecular weight is 325 g/mol. The molecule has 0 radical (unpaired) electrons. The Morgan fingerprint density at radius 3 is 2.86 bits per heavy atom. The number of rotatable bonds is 5. The molecule has 0 unspecified atom stereocenters. The zero-order valence-electron chi connectivity index (χ0n) is 11.8. The Hall–Kier alpha value is -1.74. The lowest BCUT2D eigenvalue weighted by Crippen LogP contribution is -2.16. The second-order valence-electron chi connectivity index (χ2n) is 4.59. The molecule has 112 valence electrons. The zero-order chi connectivity index (χ0) is 15.4. The van der Waals surface area contributed by atoms with Crippen molar-refractivity contribution in [1.29, 1.82) is 0 Å². The van der Waals surface area contributed by atoms with E-state index < -0.39 is 0 Å². The number of thioether (sulfide) groups is 1. The van der Waals surface area contributed by atoms with Crippen molar-refractivity contribution in [3.63, 3.8) is 0 Å². The van der Waals surface area contributed by atoms with Crippen LogP contribution in [0.5, 0.6) is 0 Å². The van der Waals surface area contributed by atoms with Crippen LogP contribution in [0.1, 0.15) is 30.5 Å². The topological polar surface area (TPSA) is 101 Å². The van der Waals surface area contributed by atoms with Gasteiger partial charge in [0.05, 0.1) is 11.4 Å². The minimum absolute atomic E-state index is 0.142. The standard InChI is InChI=1S/C12H15N5O2S2/c1-6(2)8-4-9(18)14-11(13-8)20-5-10(19)15-12-17-16-7(3)21-12/h4,6H,5H2,1-3H3,(H,13,14,18)(H,15,17,19). The van der Waals surface area contributed by atoms with E-state index in [2.05, 4.69) is 25.5 Å². The average Bonchev–Trinajstić information content (AvgIpc) is 2.81. The van der Waals surface area contributed by atoms with Gasteiger partial charge in [-0.2, -0.15) is 0 Å². The van der Waals surface area contributed by atoms with E-state index in [1.165, 1.54) is 29.2 Å². The first-order valence-corrected chi connectivity index (χ1v) is 8.08. The molecule has 0 aliphatic carbocycles. The third-order valence-corrected chi connectivity index (χ3v) is 4.07. The molecule has 0 bridgehead atoms. The van der Waals surface area contributed by atoms with Crippen LogP contribution in [-0.2, 0) is 4.79 Å². The molecular formula is C12H15N5O2S2. The van der Waals surface area contributed by atoms with E-state index in [-0.39, 0.29) is 23.1 Å². The van der Waals surface area contributed by atoms with Crippen molar-refractivity contribution in [2.24, 2.45) is 0 Å². The van der Waals surface area contributed by atoms with E-state index >= 15 is 0 Å². The summed E-state index contributed by atoms with van der Waals surface area (Å²) < 4.78 is 0. The molecule has 0 saturated carbocycles. The number of amides is 1. The Labute approximate surface area is 129 Å². The van der Waals surface area contributed by atoms with Crippen LogP contribution in [0.3, 0.4) is 0 Å². The molecular weight excluding hydrogens is 310 g/mol. The highest BCUT2D eigenvalue weighted by molar-refractivity contribution is 7.99. The number of carbonyl (C=O) groups is 1. The van der Waals surface area contributed by atoms with Gasteiger partial charge in [-0.1, -0.05) is 36.9 Å². The maximum Gasteiger partial charge on any atom is 0.251 e. The molecule has 0 aromatic carbocycles. The van der Waals surface area contributed by atoms with Gasteiger partial charge in [-0.15, -0.1) is 10.2 Å². The van der Waals surface area contributed by atoms with E-state index in [0.29, 0.717) is 16.0 Å². The summed E-state index contributed by atoms with van der Waals surface area (Å²) >= 11 is 2.49. The molecule has 0 aliphatic heterocycles. The number of nitrogens with zero attached hydrogens (tertiary/aromatic N) is 3.